The first kappa shape index (κ1) is 19.9. The normalized spacial score (nSPS) is 19.8. The Labute approximate surface area is 179 Å². The van der Waals surface area contributed by atoms with Gasteiger partial charge in [0.15, 0.2) is 0 Å². The lowest BCUT2D eigenvalue weighted by atomic mass is 9.94. The van der Waals surface area contributed by atoms with Crippen molar-refractivity contribution in [1.82, 2.24) is 19.3 Å². The minimum absolute atomic E-state index is 0.0142. The second kappa shape index (κ2) is 8.26. The van der Waals surface area contributed by atoms with Crippen LogP contribution in [0.3, 0.4) is 0 Å². The van der Waals surface area contributed by atoms with E-state index in [2.05, 4.69) is 5.32 Å². The van der Waals surface area contributed by atoms with Crippen LogP contribution in [0.5, 0.6) is 0 Å². The first-order valence-corrected chi connectivity index (χ1v) is 11.1. The summed E-state index contributed by atoms with van der Waals surface area (Å²) >= 11 is 0. The smallest absolute Gasteiger partial charge is 0.267 e. The topological polar surface area (TPSA) is 101 Å². The van der Waals surface area contributed by atoms with Gasteiger partial charge >= 0.3 is 0 Å². The van der Waals surface area contributed by atoms with E-state index in [0.717, 1.165) is 45.1 Å². The van der Waals surface area contributed by atoms with Gasteiger partial charge in [0.25, 0.3) is 11.5 Å². The number of pyridine rings is 2. The van der Waals surface area contributed by atoms with Crippen LogP contribution in [-0.2, 0) is 4.74 Å². The van der Waals surface area contributed by atoms with Crippen LogP contribution < -0.4 is 16.4 Å². The fraction of sp³-hybridized carbons (Fsp3) is 0.478. The van der Waals surface area contributed by atoms with Gasteiger partial charge in [-0.05, 0) is 43.9 Å². The van der Waals surface area contributed by atoms with Gasteiger partial charge in [0.1, 0.15) is 16.8 Å². The lowest BCUT2D eigenvalue weighted by molar-refractivity contribution is 0.0855. The molecule has 3 aromatic heterocycles. The number of rotatable bonds is 4. The Hall–Kier alpha value is -3.00. The number of hydrogen-bond acceptors (Lipinski definition) is 5. The van der Waals surface area contributed by atoms with Crippen molar-refractivity contribution >= 4 is 22.6 Å². The predicted molar refractivity (Wildman–Crippen MR) is 116 cm³/mol. The molecule has 31 heavy (non-hydrogen) atoms. The summed E-state index contributed by atoms with van der Waals surface area (Å²) in [5, 5.41) is 12.2. The average molecular weight is 422 g/mol. The van der Waals surface area contributed by atoms with Crippen LogP contribution in [0, 0.1) is 5.41 Å². The molecule has 4 heterocycles. The summed E-state index contributed by atoms with van der Waals surface area (Å²) in [5.74, 6) is -0.343. The van der Waals surface area contributed by atoms with Crippen molar-refractivity contribution in [1.29, 1.82) is 5.41 Å². The molecule has 0 radical (unpaired) electrons. The first-order valence-electron chi connectivity index (χ1n) is 11.1. The molecule has 1 aliphatic carbocycles. The van der Waals surface area contributed by atoms with Gasteiger partial charge < -0.3 is 14.6 Å². The highest BCUT2D eigenvalue weighted by Crippen LogP contribution is 2.29. The van der Waals surface area contributed by atoms with Crippen molar-refractivity contribution in [3.8, 4) is 0 Å². The van der Waals surface area contributed by atoms with Gasteiger partial charge in [0.05, 0.1) is 17.1 Å². The zero-order chi connectivity index (χ0) is 21.4. The van der Waals surface area contributed by atoms with Crippen molar-refractivity contribution in [2.24, 2.45) is 0 Å². The van der Waals surface area contributed by atoms with E-state index < -0.39 is 0 Å². The molecule has 1 saturated heterocycles. The van der Waals surface area contributed by atoms with E-state index in [1.807, 2.05) is 10.6 Å². The quantitative estimate of drug-likeness (QED) is 0.632. The molecule has 5 rings (SSSR count). The molecule has 8 heteroatoms. The summed E-state index contributed by atoms with van der Waals surface area (Å²) in [6.07, 6.45) is 8.76. The average Bonchev–Trinajstić information content (AvgIpc) is 3.32. The first-order chi connectivity index (χ1) is 15.1. The summed E-state index contributed by atoms with van der Waals surface area (Å²) in [6, 6.07) is 7.01. The van der Waals surface area contributed by atoms with Gasteiger partial charge in [0.2, 0.25) is 0 Å². The second-order valence-corrected chi connectivity index (χ2v) is 8.50. The third-order valence-electron chi connectivity index (χ3n) is 6.46. The molecule has 2 fully saturated rings. The number of nitrogens with one attached hydrogen (secondary N) is 2. The van der Waals surface area contributed by atoms with E-state index in [4.69, 9.17) is 15.1 Å². The Morgan fingerprint density at radius 3 is 2.81 bits per heavy atom. The summed E-state index contributed by atoms with van der Waals surface area (Å²) in [5.41, 5.74) is 1.14. The van der Waals surface area contributed by atoms with Gasteiger partial charge in [-0.15, -0.1) is 0 Å². The SMILES string of the molecule is N=c1c(C(=O)NC[C@@H]2CCCO2)cc2c(=O)n3ccccc3nc2n1C1CCCCC1. The maximum absolute atomic E-state index is 13.3. The number of fused-ring (bicyclic) bond motifs is 2. The van der Waals surface area contributed by atoms with Crippen LogP contribution in [-0.4, -0.2) is 39.1 Å². The van der Waals surface area contributed by atoms with Gasteiger partial charge in [-0.1, -0.05) is 25.3 Å². The molecule has 2 aliphatic rings. The van der Waals surface area contributed by atoms with Crippen molar-refractivity contribution < 1.29 is 9.53 Å². The van der Waals surface area contributed by atoms with Crippen LogP contribution in [0.25, 0.3) is 16.7 Å². The van der Waals surface area contributed by atoms with Crippen molar-refractivity contribution in [2.45, 2.75) is 57.1 Å². The largest absolute Gasteiger partial charge is 0.376 e. The molecule has 0 spiro atoms. The number of ether oxygens (including phenoxy) is 1. The summed E-state index contributed by atoms with van der Waals surface area (Å²) < 4.78 is 8.91. The lowest BCUT2D eigenvalue weighted by Gasteiger charge is -2.26. The molecule has 0 bridgehead atoms. The highest BCUT2D eigenvalue weighted by atomic mass is 16.5. The zero-order valence-corrected chi connectivity index (χ0v) is 17.5. The Bertz CT molecular complexity index is 1250. The fourth-order valence-corrected chi connectivity index (χ4v) is 4.82. The third-order valence-corrected chi connectivity index (χ3v) is 6.46. The number of hydrogen-bond donors (Lipinski definition) is 2. The molecule has 1 amide bonds. The number of nitrogens with zero attached hydrogens (tertiary/aromatic N) is 3. The molecular formula is C23H27N5O3. The number of amides is 1. The van der Waals surface area contributed by atoms with Gasteiger partial charge in [-0.25, -0.2) is 4.98 Å². The molecular weight excluding hydrogens is 394 g/mol. The molecule has 0 aromatic carbocycles. The van der Waals surface area contributed by atoms with Gasteiger partial charge in [-0.2, -0.15) is 0 Å². The minimum atomic E-state index is -0.343. The van der Waals surface area contributed by atoms with E-state index in [1.165, 1.54) is 16.9 Å². The summed E-state index contributed by atoms with van der Waals surface area (Å²) in [4.78, 5) is 31.1. The monoisotopic (exact) mass is 421 g/mol. The standard InChI is InChI=1S/C23H27N5O3/c24-20-17(22(29)25-14-16-9-6-12-31-16)13-18-21(28(20)15-7-2-1-3-8-15)26-19-10-4-5-11-27(19)23(18)30/h4-5,10-11,13,15-16,24H,1-3,6-9,12,14H2,(H,25,29)/t16-/m0/s1. The lowest BCUT2D eigenvalue weighted by Crippen LogP contribution is -2.39. The molecule has 8 nitrogen and oxygen atoms in total. The summed E-state index contributed by atoms with van der Waals surface area (Å²) in [6.45, 7) is 1.13. The highest BCUT2D eigenvalue weighted by molar-refractivity contribution is 5.96. The Kier molecular flexibility index (Phi) is 5.31. The van der Waals surface area contributed by atoms with E-state index in [0.29, 0.717) is 23.2 Å². The van der Waals surface area contributed by atoms with Gasteiger partial charge in [0, 0.05) is 25.4 Å². The number of carbonyl (C=O) groups is 1. The van der Waals surface area contributed by atoms with Crippen molar-refractivity contribution in [3.63, 3.8) is 0 Å². The van der Waals surface area contributed by atoms with Crippen LogP contribution in [0.2, 0.25) is 0 Å². The molecule has 1 atom stereocenters. The number of aromatic nitrogens is 3. The number of carbonyl (C=O) groups excluding carboxylic acids is 1. The van der Waals surface area contributed by atoms with Crippen molar-refractivity contribution in [3.05, 3.63) is 51.9 Å². The molecule has 2 N–H and O–H groups in total. The van der Waals surface area contributed by atoms with Crippen molar-refractivity contribution in [2.75, 3.05) is 13.2 Å². The van der Waals surface area contributed by atoms with Crippen LogP contribution >= 0.6 is 0 Å². The molecule has 3 aromatic rings. The Balaban J connectivity index is 1.66. The van der Waals surface area contributed by atoms with Gasteiger partial charge in [-0.3, -0.25) is 19.4 Å². The predicted octanol–water partition coefficient (Wildman–Crippen LogP) is 2.54. The summed E-state index contributed by atoms with van der Waals surface area (Å²) in [7, 11) is 0. The highest BCUT2D eigenvalue weighted by Gasteiger charge is 2.24. The van der Waals surface area contributed by atoms with Crippen LogP contribution in [0.1, 0.15) is 61.3 Å². The molecule has 162 valence electrons. The van der Waals surface area contributed by atoms with E-state index >= 15 is 0 Å². The van der Waals surface area contributed by atoms with E-state index in [9.17, 15) is 9.59 Å². The maximum Gasteiger partial charge on any atom is 0.267 e. The maximum atomic E-state index is 13.3. The third kappa shape index (κ3) is 3.65. The fourth-order valence-electron chi connectivity index (χ4n) is 4.82. The molecule has 0 unspecified atom stereocenters. The molecule has 1 aliphatic heterocycles. The Morgan fingerprint density at radius 1 is 1.19 bits per heavy atom. The zero-order valence-electron chi connectivity index (χ0n) is 17.5. The van der Waals surface area contributed by atoms with E-state index in [-0.39, 0.29) is 34.7 Å². The van der Waals surface area contributed by atoms with Crippen LogP contribution in [0.15, 0.2) is 35.3 Å². The van der Waals surface area contributed by atoms with E-state index in [1.54, 1.807) is 18.3 Å². The Morgan fingerprint density at radius 2 is 2.03 bits per heavy atom. The van der Waals surface area contributed by atoms with Crippen LogP contribution in [0.4, 0.5) is 0 Å². The molecule has 1 saturated carbocycles. The second-order valence-electron chi connectivity index (χ2n) is 8.50. The minimum Gasteiger partial charge on any atom is -0.376 e.